The van der Waals surface area contributed by atoms with Crippen molar-refractivity contribution >= 4 is 11.7 Å². The van der Waals surface area contributed by atoms with Crippen LogP contribution in [-0.2, 0) is 38.1 Å². The third-order valence-electron chi connectivity index (χ3n) is 12.3. The minimum absolute atomic E-state index is 0.0264. The summed E-state index contributed by atoms with van der Waals surface area (Å²) in [6, 6.07) is -0.307. The smallest absolute Gasteiger partial charge is 0.311 e. The van der Waals surface area contributed by atoms with Crippen LogP contribution < -0.4 is 0 Å². The fourth-order valence-electron chi connectivity index (χ4n) is 8.81. The summed E-state index contributed by atoms with van der Waals surface area (Å²) in [6.45, 7) is 19.4. The molecule has 0 spiro atoms. The van der Waals surface area contributed by atoms with Crippen molar-refractivity contribution in [3.05, 3.63) is 0 Å². The normalized spacial score (nSPS) is 47.7. The van der Waals surface area contributed by atoms with Gasteiger partial charge < -0.3 is 63.7 Å². The van der Waals surface area contributed by atoms with E-state index < -0.39 is 102 Å². The number of carbonyl (C=O) groups is 1. The molecule has 15 heteroatoms. The summed E-state index contributed by atoms with van der Waals surface area (Å²) in [4.78, 5) is 21.8. The van der Waals surface area contributed by atoms with E-state index in [4.69, 9.17) is 33.3 Å². The van der Waals surface area contributed by atoms with Gasteiger partial charge in [-0.25, -0.2) is 0 Å². The Hall–Kier alpha value is -1.50. The van der Waals surface area contributed by atoms with Crippen LogP contribution in [0.25, 0.3) is 0 Å². The van der Waals surface area contributed by atoms with E-state index in [-0.39, 0.29) is 31.4 Å². The van der Waals surface area contributed by atoms with Crippen molar-refractivity contribution in [1.82, 2.24) is 4.90 Å². The molecule has 0 bridgehead atoms. The molecule has 0 amide bonds. The lowest BCUT2D eigenvalue weighted by Crippen LogP contribution is -2.61. The van der Waals surface area contributed by atoms with E-state index in [9.17, 15) is 30.3 Å². The van der Waals surface area contributed by atoms with Crippen LogP contribution in [-0.4, -0.2) is 154 Å². The van der Waals surface area contributed by atoms with E-state index in [1.54, 1.807) is 48.5 Å². The number of methoxy groups -OCH3 is 1. The van der Waals surface area contributed by atoms with Gasteiger partial charge >= 0.3 is 5.97 Å². The molecular weight excluding hydrogens is 716 g/mol. The number of esters is 1. The maximum atomic E-state index is 14.3. The third-order valence-corrected chi connectivity index (χ3v) is 12.3. The lowest BCUT2D eigenvalue weighted by molar-refractivity contribution is -0.317. The Morgan fingerprint density at radius 3 is 2.11 bits per heavy atom. The maximum absolute atomic E-state index is 14.3. The first kappa shape index (κ1) is 47.9. The first-order valence-electron chi connectivity index (χ1n) is 20.2. The molecule has 3 saturated heterocycles. The van der Waals surface area contributed by atoms with Crippen LogP contribution in [0.3, 0.4) is 0 Å². The number of cyclic esters (lactones) is 1. The molecule has 3 fully saturated rings. The predicted molar refractivity (Wildman–Crippen MR) is 205 cm³/mol. The number of oxime groups is 1. The number of carbonyl (C=O) groups excluding carboxylic acids is 1. The molecule has 0 unspecified atom stereocenters. The van der Waals surface area contributed by atoms with E-state index in [1.165, 1.54) is 14.0 Å². The van der Waals surface area contributed by atoms with Crippen LogP contribution in [0.2, 0.25) is 0 Å². The summed E-state index contributed by atoms with van der Waals surface area (Å²) in [7, 11) is 5.24. The Morgan fingerprint density at radius 2 is 1.55 bits per heavy atom. The van der Waals surface area contributed by atoms with Crippen LogP contribution in [0.4, 0.5) is 0 Å². The summed E-state index contributed by atoms with van der Waals surface area (Å²) in [6.07, 6.45) is -8.40. The van der Waals surface area contributed by atoms with Crippen LogP contribution in [0.1, 0.15) is 108 Å². The van der Waals surface area contributed by atoms with Crippen LogP contribution in [0, 0.1) is 23.7 Å². The fraction of sp³-hybridized carbons (Fsp3) is 0.950. The van der Waals surface area contributed by atoms with Gasteiger partial charge in [-0.2, -0.15) is 0 Å². The summed E-state index contributed by atoms with van der Waals surface area (Å²) in [5.74, 6) is -3.90. The summed E-state index contributed by atoms with van der Waals surface area (Å²) < 4.78 is 37.6. The van der Waals surface area contributed by atoms with Gasteiger partial charge in [0.15, 0.2) is 12.6 Å². The number of hydrogen-bond donors (Lipinski definition) is 5. The molecule has 0 aliphatic carbocycles. The monoisotopic (exact) mass is 791 g/mol. The molecule has 0 aromatic rings. The van der Waals surface area contributed by atoms with Crippen molar-refractivity contribution in [2.75, 3.05) is 27.8 Å². The zero-order chi connectivity index (χ0) is 41.8. The number of hydrogen-bond acceptors (Lipinski definition) is 15. The lowest BCUT2D eigenvalue weighted by Gasteiger charge is -2.49. The molecule has 0 saturated carbocycles. The molecule has 18 atom stereocenters. The van der Waals surface area contributed by atoms with Gasteiger partial charge in [0.1, 0.15) is 30.5 Å². The van der Waals surface area contributed by atoms with Gasteiger partial charge in [-0.1, -0.05) is 39.8 Å². The number of rotatable bonds is 10. The summed E-state index contributed by atoms with van der Waals surface area (Å²) in [5, 5.41) is 63.4. The number of ether oxygens (including phenoxy) is 6. The van der Waals surface area contributed by atoms with Gasteiger partial charge in [0, 0.05) is 37.3 Å². The quantitative estimate of drug-likeness (QED) is 0.123. The highest BCUT2D eigenvalue weighted by molar-refractivity contribution is 5.88. The number of likely N-dealkylation sites (N-methyl/N-ethyl adjacent to an activating group) is 1. The molecule has 15 nitrogen and oxygen atoms in total. The minimum Gasteiger partial charge on any atom is -0.459 e. The van der Waals surface area contributed by atoms with Crippen LogP contribution in [0.5, 0.6) is 0 Å². The minimum atomic E-state index is -1.92. The average molecular weight is 791 g/mol. The van der Waals surface area contributed by atoms with Crippen molar-refractivity contribution in [2.24, 2.45) is 28.8 Å². The molecular formula is C40H74N2O13. The largest absolute Gasteiger partial charge is 0.459 e. The molecule has 3 aliphatic rings. The van der Waals surface area contributed by atoms with Gasteiger partial charge in [-0.3, -0.25) is 4.79 Å². The molecule has 3 heterocycles. The maximum Gasteiger partial charge on any atom is 0.311 e. The number of aliphatic hydroxyl groups is 5. The lowest BCUT2D eigenvalue weighted by atomic mass is 9.73. The predicted octanol–water partition coefficient (Wildman–Crippen LogP) is 3.00. The molecule has 0 aromatic carbocycles. The molecule has 0 radical (unpaired) electrons. The van der Waals surface area contributed by atoms with Crippen molar-refractivity contribution < 1.29 is 63.6 Å². The second-order valence-corrected chi connectivity index (χ2v) is 17.4. The van der Waals surface area contributed by atoms with Gasteiger partial charge in [0.05, 0.1) is 53.4 Å². The Kier molecular flexibility index (Phi) is 17.0. The molecule has 3 aliphatic heterocycles. The molecule has 5 N–H and O–H groups in total. The summed E-state index contributed by atoms with van der Waals surface area (Å²) in [5.41, 5.74) is -4.28. The number of nitrogens with zero attached hydrogens (tertiary/aromatic N) is 2. The van der Waals surface area contributed by atoms with Gasteiger partial charge in [0.25, 0.3) is 0 Å². The van der Waals surface area contributed by atoms with Crippen molar-refractivity contribution in [1.29, 1.82) is 0 Å². The second-order valence-electron chi connectivity index (χ2n) is 17.4. The second kappa shape index (κ2) is 19.5. The topological polar surface area (TPSA) is 198 Å². The van der Waals surface area contributed by atoms with Crippen molar-refractivity contribution in [3.63, 3.8) is 0 Å². The number of aliphatic hydroxyl groups excluding tert-OH is 3. The molecule has 55 heavy (non-hydrogen) atoms. The third kappa shape index (κ3) is 11.0. The molecule has 322 valence electrons. The fourth-order valence-corrected chi connectivity index (χ4v) is 8.81. The Bertz CT molecular complexity index is 1250. The van der Waals surface area contributed by atoms with Crippen LogP contribution in [0.15, 0.2) is 5.16 Å². The van der Waals surface area contributed by atoms with E-state index in [1.807, 2.05) is 39.8 Å². The van der Waals surface area contributed by atoms with Crippen LogP contribution >= 0.6 is 0 Å². The zero-order valence-electron chi connectivity index (χ0n) is 35.8. The SMILES string of the molecule is CCCO/N=C1\[C@H](C)C[C@@](C)(O)[C@H](O[C@@H]2O[C@H](C)C[C@H](N(C)C)[C@H]2O)[C@@H](C)[C@H](O[C@H]2C[C@@](C)(OC)[C@@H](O)[C@H](C)O2)[C@@H](C)C(=O)O[C@H](CC)[C@@](C)(O)[C@H](O)[C@H]1C. The average Bonchev–Trinajstić information content (AvgIpc) is 3.11. The van der Waals surface area contributed by atoms with E-state index in [0.29, 0.717) is 25.2 Å². The Morgan fingerprint density at radius 1 is 0.909 bits per heavy atom. The molecule has 0 aromatic heterocycles. The van der Waals surface area contributed by atoms with E-state index in [0.717, 1.165) is 0 Å². The van der Waals surface area contributed by atoms with Crippen molar-refractivity contribution in [2.45, 2.75) is 193 Å². The van der Waals surface area contributed by atoms with E-state index >= 15 is 0 Å². The van der Waals surface area contributed by atoms with Gasteiger partial charge in [-0.05, 0) is 81.3 Å². The standard InChI is InChI=1S/C40H74N2O13/c1-15-17-50-41-30-21(3)19-38(9,47)35(55-37-31(43)27(42(12)13)18-22(4)51-37)24(6)32(54-29-20-39(10,49-14)34(45)26(8)52-29)25(7)36(46)53-28(16-2)40(11,48)33(44)23(30)5/h21-29,31-35,37,43-45,47-48H,15-20H2,1-14H3/b41-30+/t21-,22-,23+,24+,25-,26+,27+,28-,29+,31-,32+,33-,34+,35-,37+,38-,39-,40-/m1/s1. The highest BCUT2D eigenvalue weighted by Gasteiger charge is 2.53. The summed E-state index contributed by atoms with van der Waals surface area (Å²) >= 11 is 0. The Balaban J connectivity index is 2.24. The van der Waals surface area contributed by atoms with Gasteiger partial charge in [0.2, 0.25) is 0 Å². The molecule has 3 rings (SSSR count). The first-order valence-corrected chi connectivity index (χ1v) is 20.2. The first-order chi connectivity index (χ1) is 25.5. The zero-order valence-corrected chi connectivity index (χ0v) is 35.8. The highest BCUT2D eigenvalue weighted by Crippen LogP contribution is 2.41. The van der Waals surface area contributed by atoms with Gasteiger partial charge in [-0.15, -0.1) is 0 Å². The van der Waals surface area contributed by atoms with E-state index in [2.05, 4.69) is 5.16 Å². The Labute approximate surface area is 328 Å². The van der Waals surface area contributed by atoms with Crippen molar-refractivity contribution in [3.8, 4) is 0 Å². The highest BCUT2D eigenvalue weighted by atomic mass is 16.7.